The molecule has 0 aromatic rings. The Kier molecular flexibility index (Phi) is 8.59. The maximum absolute atomic E-state index is 9.67. The van der Waals surface area contributed by atoms with Crippen LogP contribution in [0.2, 0.25) is 0 Å². The highest BCUT2D eigenvalue weighted by atomic mass is 16.5. The molecule has 1 unspecified atom stereocenters. The predicted molar refractivity (Wildman–Crippen MR) is 72.7 cm³/mol. The molecular weight excluding hydrogens is 230 g/mol. The van der Waals surface area contributed by atoms with Crippen LogP contribution in [0.1, 0.15) is 39.5 Å². The summed E-state index contributed by atoms with van der Waals surface area (Å²) >= 11 is 0. The Morgan fingerprint density at radius 3 is 2.67 bits per heavy atom. The fourth-order valence-corrected chi connectivity index (χ4v) is 1.98. The Hall–Kier alpha value is -0.160. The quantitative estimate of drug-likeness (QED) is 0.553. The molecule has 2 N–H and O–H groups in total. The molecule has 1 aliphatic carbocycles. The van der Waals surface area contributed by atoms with Gasteiger partial charge in [-0.1, -0.05) is 19.3 Å². The summed E-state index contributed by atoms with van der Waals surface area (Å²) in [5.74, 6) is 0.930. The van der Waals surface area contributed by atoms with Crippen molar-refractivity contribution < 1.29 is 14.6 Å². The second-order valence-electron chi connectivity index (χ2n) is 5.44. The summed E-state index contributed by atoms with van der Waals surface area (Å²) in [5.41, 5.74) is 0. The predicted octanol–water partition coefficient (Wildman–Crippen LogP) is 1.57. The van der Waals surface area contributed by atoms with E-state index in [0.717, 1.165) is 12.5 Å². The smallest absolute Gasteiger partial charge is 0.0897 e. The van der Waals surface area contributed by atoms with Crippen molar-refractivity contribution in [3.8, 4) is 0 Å². The molecular formula is C14H29NO3. The molecule has 1 rings (SSSR count). The first-order valence-electron chi connectivity index (χ1n) is 7.26. The Balaban J connectivity index is 1.79. The third-order valence-electron chi connectivity index (χ3n) is 3.32. The van der Waals surface area contributed by atoms with E-state index in [2.05, 4.69) is 5.32 Å². The molecule has 0 spiro atoms. The number of aliphatic hydroxyl groups is 1. The summed E-state index contributed by atoms with van der Waals surface area (Å²) in [6.07, 6.45) is 5.26. The van der Waals surface area contributed by atoms with E-state index in [1.807, 2.05) is 13.8 Å². The van der Waals surface area contributed by atoms with Crippen LogP contribution in [0.4, 0.5) is 0 Å². The van der Waals surface area contributed by atoms with Crippen LogP contribution < -0.4 is 5.32 Å². The van der Waals surface area contributed by atoms with Gasteiger partial charge < -0.3 is 19.9 Å². The summed E-state index contributed by atoms with van der Waals surface area (Å²) in [6.45, 7) is 7.17. The third-order valence-corrected chi connectivity index (χ3v) is 3.32. The lowest BCUT2D eigenvalue weighted by Crippen LogP contribution is -2.32. The highest BCUT2D eigenvalue weighted by Crippen LogP contribution is 2.28. The van der Waals surface area contributed by atoms with Crippen LogP contribution in [0.25, 0.3) is 0 Å². The van der Waals surface area contributed by atoms with Gasteiger partial charge in [0, 0.05) is 6.54 Å². The summed E-state index contributed by atoms with van der Waals surface area (Å²) in [4.78, 5) is 0. The maximum Gasteiger partial charge on any atom is 0.0897 e. The third kappa shape index (κ3) is 8.03. The van der Waals surface area contributed by atoms with Crippen molar-refractivity contribution in [3.63, 3.8) is 0 Å². The van der Waals surface area contributed by atoms with Crippen molar-refractivity contribution >= 4 is 0 Å². The fraction of sp³-hybridized carbons (Fsp3) is 1.00. The zero-order valence-corrected chi connectivity index (χ0v) is 11.9. The van der Waals surface area contributed by atoms with E-state index >= 15 is 0 Å². The van der Waals surface area contributed by atoms with E-state index in [4.69, 9.17) is 9.47 Å². The highest BCUT2D eigenvalue weighted by Gasteiger charge is 2.16. The molecule has 18 heavy (non-hydrogen) atoms. The Labute approximate surface area is 111 Å². The standard InChI is InChI=1S/C14H29NO3/c1-12(2)18-9-8-17-11-14(16)10-15-7-6-13-4-3-5-13/h12-16H,3-11H2,1-2H3. The van der Waals surface area contributed by atoms with Gasteiger partial charge in [0.15, 0.2) is 0 Å². The SMILES string of the molecule is CC(C)OCCOCC(O)CNCCC1CCC1. The number of hydrogen-bond acceptors (Lipinski definition) is 4. The molecule has 108 valence electrons. The van der Waals surface area contributed by atoms with Crippen molar-refractivity contribution in [2.75, 3.05) is 32.9 Å². The van der Waals surface area contributed by atoms with Crippen LogP contribution in [0.3, 0.4) is 0 Å². The molecule has 1 fully saturated rings. The first-order valence-corrected chi connectivity index (χ1v) is 7.26. The Morgan fingerprint density at radius 1 is 1.28 bits per heavy atom. The lowest BCUT2D eigenvalue weighted by Gasteiger charge is -2.25. The first kappa shape index (κ1) is 15.9. The fourth-order valence-electron chi connectivity index (χ4n) is 1.98. The Morgan fingerprint density at radius 2 is 2.06 bits per heavy atom. The minimum atomic E-state index is -0.412. The van der Waals surface area contributed by atoms with Gasteiger partial charge in [-0.25, -0.2) is 0 Å². The molecule has 1 saturated carbocycles. The van der Waals surface area contributed by atoms with Crippen molar-refractivity contribution in [3.05, 3.63) is 0 Å². The van der Waals surface area contributed by atoms with Gasteiger partial charge in [-0.05, 0) is 32.7 Å². The zero-order valence-electron chi connectivity index (χ0n) is 11.9. The topological polar surface area (TPSA) is 50.7 Å². The zero-order chi connectivity index (χ0) is 13.2. The second-order valence-corrected chi connectivity index (χ2v) is 5.44. The molecule has 1 aliphatic rings. The van der Waals surface area contributed by atoms with Gasteiger partial charge in [0.2, 0.25) is 0 Å². The summed E-state index contributed by atoms with van der Waals surface area (Å²) < 4.78 is 10.7. The van der Waals surface area contributed by atoms with E-state index in [0.29, 0.717) is 26.4 Å². The second kappa shape index (κ2) is 9.73. The average Bonchev–Trinajstić information content (AvgIpc) is 2.25. The van der Waals surface area contributed by atoms with Crippen LogP contribution in [-0.4, -0.2) is 50.2 Å². The largest absolute Gasteiger partial charge is 0.389 e. The van der Waals surface area contributed by atoms with Gasteiger partial charge in [0.05, 0.1) is 32.0 Å². The summed E-state index contributed by atoms with van der Waals surface area (Å²) in [5, 5.41) is 12.9. The number of nitrogens with one attached hydrogen (secondary N) is 1. The molecule has 0 aromatic carbocycles. The van der Waals surface area contributed by atoms with E-state index in [-0.39, 0.29) is 6.10 Å². The number of ether oxygens (including phenoxy) is 2. The molecule has 4 heteroatoms. The van der Waals surface area contributed by atoms with Gasteiger partial charge in [-0.2, -0.15) is 0 Å². The maximum atomic E-state index is 9.67. The molecule has 0 amide bonds. The highest BCUT2D eigenvalue weighted by molar-refractivity contribution is 4.70. The van der Waals surface area contributed by atoms with E-state index in [1.165, 1.54) is 25.7 Å². The molecule has 0 radical (unpaired) electrons. The molecule has 4 nitrogen and oxygen atoms in total. The molecule has 0 bridgehead atoms. The van der Waals surface area contributed by atoms with Gasteiger partial charge in [-0.15, -0.1) is 0 Å². The minimum Gasteiger partial charge on any atom is -0.389 e. The molecule has 0 aromatic heterocycles. The van der Waals surface area contributed by atoms with Crippen molar-refractivity contribution in [2.24, 2.45) is 5.92 Å². The van der Waals surface area contributed by atoms with Crippen LogP contribution >= 0.6 is 0 Å². The molecule has 0 aliphatic heterocycles. The van der Waals surface area contributed by atoms with Gasteiger partial charge >= 0.3 is 0 Å². The molecule has 0 heterocycles. The number of rotatable bonds is 11. The molecule has 1 atom stereocenters. The van der Waals surface area contributed by atoms with E-state index < -0.39 is 6.10 Å². The average molecular weight is 259 g/mol. The van der Waals surface area contributed by atoms with Crippen molar-refractivity contribution in [1.82, 2.24) is 5.32 Å². The normalized spacial score (nSPS) is 18.0. The van der Waals surface area contributed by atoms with Crippen LogP contribution in [0, 0.1) is 5.92 Å². The van der Waals surface area contributed by atoms with Gasteiger partial charge in [-0.3, -0.25) is 0 Å². The molecule has 0 saturated heterocycles. The van der Waals surface area contributed by atoms with Gasteiger partial charge in [0.1, 0.15) is 0 Å². The minimum absolute atomic E-state index is 0.242. The van der Waals surface area contributed by atoms with E-state index in [1.54, 1.807) is 0 Å². The van der Waals surface area contributed by atoms with Crippen LogP contribution in [-0.2, 0) is 9.47 Å². The number of hydrogen-bond donors (Lipinski definition) is 2. The van der Waals surface area contributed by atoms with Gasteiger partial charge in [0.25, 0.3) is 0 Å². The van der Waals surface area contributed by atoms with Crippen molar-refractivity contribution in [2.45, 2.75) is 51.7 Å². The lowest BCUT2D eigenvalue weighted by molar-refractivity contribution is -0.01000. The monoisotopic (exact) mass is 259 g/mol. The van der Waals surface area contributed by atoms with Crippen LogP contribution in [0.15, 0.2) is 0 Å². The summed E-state index contributed by atoms with van der Waals surface area (Å²) in [7, 11) is 0. The Bertz CT molecular complexity index is 195. The lowest BCUT2D eigenvalue weighted by atomic mass is 9.83. The first-order chi connectivity index (χ1) is 8.68. The van der Waals surface area contributed by atoms with Crippen LogP contribution in [0.5, 0.6) is 0 Å². The number of aliphatic hydroxyl groups excluding tert-OH is 1. The summed E-state index contributed by atoms with van der Waals surface area (Å²) in [6, 6.07) is 0. The van der Waals surface area contributed by atoms with E-state index in [9.17, 15) is 5.11 Å². The van der Waals surface area contributed by atoms with Crippen molar-refractivity contribution in [1.29, 1.82) is 0 Å².